The molecule has 0 heterocycles. The van der Waals surface area contributed by atoms with Gasteiger partial charge in [0.25, 0.3) is 0 Å². The molecule has 0 fully saturated rings. The van der Waals surface area contributed by atoms with Crippen molar-refractivity contribution in [1.82, 2.24) is 0 Å². The van der Waals surface area contributed by atoms with Crippen molar-refractivity contribution in [1.29, 1.82) is 0 Å². The van der Waals surface area contributed by atoms with E-state index in [-0.39, 0.29) is 0 Å². The van der Waals surface area contributed by atoms with Crippen LogP contribution in [0.2, 0.25) is 0 Å². The van der Waals surface area contributed by atoms with Gasteiger partial charge < -0.3 is 10.4 Å². The molecule has 1 rings (SSSR count). The minimum Gasteiger partial charge on any atom is -0.508 e. The second kappa shape index (κ2) is 3.98. The van der Waals surface area contributed by atoms with E-state index in [2.05, 4.69) is 7.05 Å². The molecular weight excluding hydrogens is 138 g/mol. The van der Waals surface area contributed by atoms with Crippen molar-refractivity contribution >= 4 is 0 Å². The summed E-state index contributed by atoms with van der Waals surface area (Å²) in [6.07, 6.45) is 0.871. The van der Waals surface area contributed by atoms with Gasteiger partial charge in [0.1, 0.15) is 5.75 Å². The summed E-state index contributed by atoms with van der Waals surface area (Å²) in [7, 11) is 3.62. The predicted octanol–water partition coefficient (Wildman–Crippen LogP) is 0.290. The van der Waals surface area contributed by atoms with Crippen LogP contribution in [0.15, 0.2) is 24.3 Å². The first-order valence-corrected chi connectivity index (χ1v) is 3.72. The Morgan fingerprint density at radius 2 is 2.09 bits per heavy atom. The predicted molar refractivity (Wildman–Crippen MR) is 44.0 cm³/mol. The normalized spacial score (nSPS) is 9.91. The highest BCUT2D eigenvalue weighted by Gasteiger charge is 1.97. The fraction of sp³-hybridized carbons (Fsp3) is 0.222. The van der Waals surface area contributed by atoms with E-state index < -0.39 is 0 Å². The molecule has 0 bridgehead atoms. The summed E-state index contributed by atoms with van der Waals surface area (Å²) in [6.45, 7) is 0.914. The number of quaternary nitrogens is 1. The highest BCUT2D eigenvalue weighted by Crippen LogP contribution is 2.14. The van der Waals surface area contributed by atoms with Gasteiger partial charge in [-0.15, -0.1) is 0 Å². The number of aromatic hydroxyl groups is 1. The highest BCUT2D eigenvalue weighted by molar-refractivity contribution is 5.31. The van der Waals surface area contributed by atoms with Crippen molar-refractivity contribution in [2.45, 2.75) is 6.42 Å². The van der Waals surface area contributed by atoms with Crippen molar-refractivity contribution in [3.8, 4) is 5.75 Å². The second-order valence-corrected chi connectivity index (χ2v) is 2.46. The van der Waals surface area contributed by atoms with E-state index in [0.717, 1.165) is 18.5 Å². The zero-order valence-corrected chi connectivity index (χ0v) is 6.46. The number of benzene rings is 1. The third kappa shape index (κ3) is 2.24. The SMILES string of the molecule is [CH2-][NH2+]CCc1ccccc1O. The molecule has 3 N–H and O–H groups in total. The summed E-state index contributed by atoms with van der Waals surface area (Å²) >= 11 is 0. The standard InChI is InChI=1S/C9H13NO/c1-10-7-6-8-4-2-3-5-9(8)11/h2-5,11H,1,6-7,10H2. The summed E-state index contributed by atoms with van der Waals surface area (Å²) in [5.74, 6) is 0.384. The summed E-state index contributed by atoms with van der Waals surface area (Å²) in [4.78, 5) is 0. The van der Waals surface area contributed by atoms with Crippen molar-refractivity contribution in [3.63, 3.8) is 0 Å². The van der Waals surface area contributed by atoms with Gasteiger partial charge in [0, 0.05) is 6.42 Å². The first-order valence-electron chi connectivity index (χ1n) is 3.72. The molecule has 2 heteroatoms. The molecule has 0 saturated heterocycles. The van der Waals surface area contributed by atoms with E-state index in [0.29, 0.717) is 5.75 Å². The number of phenolic OH excluding ortho intramolecular Hbond substituents is 1. The van der Waals surface area contributed by atoms with Crippen LogP contribution in [0.3, 0.4) is 0 Å². The molecule has 0 aliphatic carbocycles. The number of hydrogen-bond donors (Lipinski definition) is 2. The van der Waals surface area contributed by atoms with Crippen LogP contribution in [0.5, 0.6) is 5.75 Å². The van der Waals surface area contributed by atoms with Crippen molar-refractivity contribution in [2.24, 2.45) is 0 Å². The number of nitrogens with two attached hydrogens (primary N) is 1. The summed E-state index contributed by atoms with van der Waals surface area (Å²) in [5, 5.41) is 11.2. The lowest BCUT2D eigenvalue weighted by atomic mass is 10.1. The van der Waals surface area contributed by atoms with E-state index in [4.69, 9.17) is 0 Å². The Kier molecular flexibility index (Phi) is 2.93. The molecule has 0 spiro atoms. The van der Waals surface area contributed by atoms with E-state index in [1.807, 2.05) is 23.5 Å². The molecule has 11 heavy (non-hydrogen) atoms. The van der Waals surface area contributed by atoms with Gasteiger partial charge in [0.15, 0.2) is 0 Å². The molecular formula is C9H13NO. The molecule has 60 valence electrons. The van der Waals surface area contributed by atoms with E-state index in [9.17, 15) is 5.11 Å². The van der Waals surface area contributed by atoms with Crippen LogP contribution in [-0.2, 0) is 6.42 Å². The van der Waals surface area contributed by atoms with Gasteiger partial charge in [0.05, 0.1) is 6.54 Å². The van der Waals surface area contributed by atoms with Gasteiger partial charge in [-0.25, -0.2) is 0 Å². The lowest BCUT2D eigenvalue weighted by Crippen LogP contribution is -2.77. The highest BCUT2D eigenvalue weighted by atomic mass is 16.3. The summed E-state index contributed by atoms with van der Waals surface area (Å²) in [6, 6.07) is 7.39. The molecule has 1 aromatic carbocycles. The first-order chi connectivity index (χ1) is 5.34. The Balaban J connectivity index is 2.62. The van der Waals surface area contributed by atoms with E-state index in [1.54, 1.807) is 6.07 Å². The fourth-order valence-corrected chi connectivity index (χ4v) is 0.980. The maximum Gasteiger partial charge on any atom is 0.118 e. The third-order valence-corrected chi connectivity index (χ3v) is 1.61. The maximum atomic E-state index is 9.30. The first kappa shape index (κ1) is 8.08. The Hall–Kier alpha value is -1.02. The molecule has 0 aromatic heterocycles. The van der Waals surface area contributed by atoms with Crippen LogP contribution < -0.4 is 5.32 Å². The Morgan fingerprint density at radius 1 is 1.36 bits per heavy atom. The number of hydrogen-bond acceptors (Lipinski definition) is 1. The number of rotatable bonds is 3. The third-order valence-electron chi connectivity index (χ3n) is 1.61. The molecule has 1 aromatic rings. The minimum atomic E-state index is 0.384. The van der Waals surface area contributed by atoms with Crippen LogP contribution in [0.1, 0.15) is 5.56 Å². The largest absolute Gasteiger partial charge is 0.508 e. The van der Waals surface area contributed by atoms with Crippen LogP contribution in [0.25, 0.3) is 0 Å². The topological polar surface area (TPSA) is 36.8 Å². The maximum absolute atomic E-state index is 9.30. The fourth-order valence-electron chi connectivity index (χ4n) is 0.980. The Labute approximate surface area is 66.9 Å². The van der Waals surface area contributed by atoms with Crippen LogP contribution in [0, 0.1) is 7.05 Å². The van der Waals surface area contributed by atoms with Crippen LogP contribution >= 0.6 is 0 Å². The van der Waals surface area contributed by atoms with E-state index in [1.165, 1.54) is 0 Å². The molecule has 0 atom stereocenters. The van der Waals surface area contributed by atoms with Crippen molar-refractivity contribution in [3.05, 3.63) is 36.9 Å². The molecule has 2 nitrogen and oxygen atoms in total. The van der Waals surface area contributed by atoms with Crippen molar-refractivity contribution < 1.29 is 10.4 Å². The van der Waals surface area contributed by atoms with Gasteiger partial charge in [-0.3, -0.25) is 0 Å². The average molecular weight is 151 g/mol. The van der Waals surface area contributed by atoms with Gasteiger partial charge >= 0.3 is 0 Å². The lowest BCUT2D eigenvalue weighted by Gasteiger charge is -2.02. The Morgan fingerprint density at radius 3 is 2.73 bits per heavy atom. The number of para-hydroxylation sites is 1. The van der Waals surface area contributed by atoms with Crippen LogP contribution in [-0.4, -0.2) is 11.7 Å². The summed E-state index contributed by atoms with van der Waals surface area (Å²) in [5.41, 5.74) is 0.993. The average Bonchev–Trinajstić information content (AvgIpc) is 2.03. The molecule has 0 saturated carbocycles. The molecule has 0 aliphatic rings. The number of phenols is 1. The Bertz CT molecular complexity index is 223. The monoisotopic (exact) mass is 151 g/mol. The lowest BCUT2D eigenvalue weighted by molar-refractivity contribution is -0.594. The molecule has 0 unspecified atom stereocenters. The van der Waals surface area contributed by atoms with E-state index >= 15 is 0 Å². The van der Waals surface area contributed by atoms with Gasteiger partial charge in [-0.1, -0.05) is 18.2 Å². The van der Waals surface area contributed by atoms with Gasteiger partial charge in [-0.2, -0.15) is 7.05 Å². The second-order valence-electron chi connectivity index (χ2n) is 2.46. The van der Waals surface area contributed by atoms with Gasteiger partial charge in [-0.05, 0) is 11.6 Å². The molecule has 0 amide bonds. The smallest absolute Gasteiger partial charge is 0.118 e. The minimum absolute atomic E-state index is 0.384. The quantitative estimate of drug-likeness (QED) is 0.598. The van der Waals surface area contributed by atoms with Crippen molar-refractivity contribution in [2.75, 3.05) is 6.54 Å². The zero-order valence-electron chi connectivity index (χ0n) is 6.46. The zero-order chi connectivity index (χ0) is 8.10. The summed E-state index contributed by atoms with van der Waals surface area (Å²) < 4.78 is 0. The molecule has 0 aliphatic heterocycles. The van der Waals surface area contributed by atoms with Gasteiger partial charge in [0.2, 0.25) is 0 Å². The molecule has 0 radical (unpaired) electrons. The van der Waals surface area contributed by atoms with Crippen LogP contribution in [0.4, 0.5) is 0 Å².